The number of aliphatic carboxylic acids is 1. The Morgan fingerprint density at radius 2 is 2.00 bits per heavy atom. The SMILES string of the molecule is Cc1cc2c(cc1CCC(C(=O)O)N(C)C)OCO2. The van der Waals surface area contributed by atoms with Crippen molar-refractivity contribution in [3.05, 3.63) is 23.3 Å². The fourth-order valence-electron chi connectivity index (χ4n) is 2.25. The van der Waals surface area contributed by atoms with Gasteiger partial charge in [-0.2, -0.15) is 0 Å². The standard InChI is InChI=1S/C14H19NO4/c1-9-6-12-13(19-8-18-12)7-10(9)4-5-11(14(16)17)15(2)3/h6-7,11H,4-5,8H2,1-3H3,(H,16,17). The van der Waals surface area contributed by atoms with Crippen molar-refractivity contribution in [3.63, 3.8) is 0 Å². The van der Waals surface area contributed by atoms with Crippen LogP contribution in [0.4, 0.5) is 0 Å². The summed E-state index contributed by atoms with van der Waals surface area (Å²) in [5, 5.41) is 9.16. The second-order valence-electron chi connectivity index (χ2n) is 4.99. The lowest BCUT2D eigenvalue weighted by atomic mass is 10.00. The zero-order valence-corrected chi connectivity index (χ0v) is 11.5. The normalized spacial score (nSPS) is 14.7. The molecule has 5 nitrogen and oxygen atoms in total. The van der Waals surface area contributed by atoms with Gasteiger partial charge in [0.05, 0.1) is 0 Å². The van der Waals surface area contributed by atoms with Crippen LogP contribution in [0.1, 0.15) is 17.5 Å². The Labute approximate surface area is 112 Å². The maximum absolute atomic E-state index is 11.1. The molecule has 5 heteroatoms. The first kappa shape index (κ1) is 13.7. The smallest absolute Gasteiger partial charge is 0.320 e. The molecule has 1 unspecified atom stereocenters. The van der Waals surface area contributed by atoms with Gasteiger partial charge in [0, 0.05) is 0 Å². The van der Waals surface area contributed by atoms with Crippen LogP contribution in [0, 0.1) is 6.92 Å². The molecule has 0 radical (unpaired) electrons. The molecule has 19 heavy (non-hydrogen) atoms. The number of nitrogens with zero attached hydrogens (tertiary/aromatic N) is 1. The van der Waals surface area contributed by atoms with Gasteiger partial charge in [-0.1, -0.05) is 0 Å². The Kier molecular flexibility index (Phi) is 3.95. The molecule has 0 bridgehead atoms. The molecule has 0 spiro atoms. The van der Waals surface area contributed by atoms with Crippen molar-refractivity contribution in [3.8, 4) is 11.5 Å². The number of rotatable bonds is 5. The topological polar surface area (TPSA) is 59.0 Å². The molecule has 1 aliphatic heterocycles. The van der Waals surface area contributed by atoms with Crippen molar-refractivity contribution in [1.29, 1.82) is 0 Å². The highest BCUT2D eigenvalue weighted by Gasteiger charge is 2.21. The number of benzene rings is 1. The average Bonchev–Trinajstić information content (AvgIpc) is 2.75. The summed E-state index contributed by atoms with van der Waals surface area (Å²) in [5.74, 6) is 0.726. The zero-order chi connectivity index (χ0) is 14.0. The summed E-state index contributed by atoms with van der Waals surface area (Å²) in [4.78, 5) is 12.9. The molecule has 1 atom stereocenters. The van der Waals surface area contributed by atoms with Crippen molar-refractivity contribution in [2.45, 2.75) is 25.8 Å². The summed E-state index contributed by atoms with van der Waals surface area (Å²) in [6.45, 7) is 2.26. The summed E-state index contributed by atoms with van der Waals surface area (Å²) in [6, 6.07) is 3.43. The molecular weight excluding hydrogens is 246 g/mol. The van der Waals surface area contributed by atoms with Crippen molar-refractivity contribution < 1.29 is 19.4 Å². The minimum Gasteiger partial charge on any atom is -0.480 e. The molecule has 0 saturated heterocycles. The molecule has 0 aliphatic carbocycles. The summed E-state index contributed by atoms with van der Waals surface area (Å²) in [7, 11) is 3.57. The number of carbonyl (C=O) groups is 1. The van der Waals surface area contributed by atoms with E-state index in [1.807, 2.05) is 19.1 Å². The lowest BCUT2D eigenvalue weighted by molar-refractivity contribution is -0.142. The second kappa shape index (κ2) is 5.48. The Hall–Kier alpha value is -1.75. The molecule has 0 aromatic heterocycles. The molecule has 2 rings (SSSR count). The minimum absolute atomic E-state index is 0.258. The van der Waals surface area contributed by atoms with Crippen molar-refractivity contribution in [2.75, 3.05) is 20.9 Å². The molecule has 1 aliphatic rings. The van der Waals surface area contributed by atoms with Gasteiger partial charge in [0.25, 0.3) is 0 Å². The summed E-state index contributed by atoms with van der Waals surface area (Å²) >= 11 is 0. The number of ether oxygens (including phenoxy) is 2. The number of carboxylic acids is 1. The highest BCUT2D eigenvalue weighted by molar-refractivity contribution is 5.73. The monoisotopic (exact) mass is 265 g/mol. The van der Waals surface area contributed by atoms with E-state index in [2.05, 4.69) is 0 Å². The third-order valence-electron chi connectivity index (χ3n) is 3.43. The predicted octanol–water partition coefficient (Wildman–Crippen LogP) is 1.67. The number of hydrogen-bond acceptors (Lipinski definition) is 4. The van der Waals surface area contributed by atoms with Gasteiger partial charge in [0.1, 0.15) is 6.04 Å². The molecule has 104 valence electrons. The highest BCUT2D eigenvalue weighted by Crippen LogP contribution is 2.35. The third kappa shape index (κ3) is 2.98. The van der Waals surface area contributed by atoms with Crippen LogP contribution >= 0.6 is 0 Å². The molecule has 0 saturated carbocycles. The van der Waals surface area contributed by atoms with Crippen LogP contribution in [-0.2, 0) is 11.2 Å². The molecule has 0 amide bonds. The molecule has 0 fully saturated rings. The number of fused-ring (bicyclic) bond motifs is 1. The van der Waals surface area contributed by atoms with Crippen molar-refractivity contribution >= 4 is 5.97 Å². The van der Waals surface area contributed by atoms with Crippen LogP contribution in [0.25, 0.3) is 0 Å². The van der Waals surface area contributed by atoms with E-state index in [9.17, 15) is 4.79 Å². The Balaban J connectivity index is 2.09. The first-order valence-electron chi connectivity index (χ1n) is 6.27. The van der Waals surface area contributed by atoms with E-state index in [4.69, 9.17) is 14.6 Å². The van der Waals surface area contributed by atoms with Crippen LogP contribution in [0.5, 0.6) is 11.5 Å². The van der Waals surface area contributed by atoms with E-state index >= 15 is 0 Å². The van der Waals surface area contributed by atoms with Crippen LogP contribution < -0.4 is 9.47 Å². The van der Waals surface area contributed by atoms with E-state index in [0.29, 0.717) is 12.8 Å². The first-order valence-corrected chi connectivity index (χ1v) is 6.27. The van der Waals surface area contributed by atoms with Gasteiger partial charge < -0.3 is 14.6 Å². The summed E-state index contributed by atoms with van der Waals surface area (Å²) < 4.78 is 10.7. The highest BCUT2D eigenvalue weighted by atomic mass is 16.7. The first-order chi connectivity index (χ1) is 8.99. The van der Waals surface area contributed by atoms with Crippen LogP contribution in [0.15, 0.2) is 12.1 Å². The van der Waals surface area contributed by atoms with Gasteiger partial charge in [0.15, 0.2) is 11.5 Å². The molecule has 1 N–H and O–H groups in total. The van der Waals surface area contributed by atoms with Gasteiger partial charge in [-0.05, 0) is 57.1 Å². The quantitative estimate of drug-likeness (QED) is 0.877. The zero-order valence-electron chi connectivity index (χ0n) is 11.5. The number of aryl methyl sites for hydroxylation is 2. The fraction of sp³-hybridized carbons (Fsp3) is 0.500. The van der Waals surface area contributed by atoms with E-state index in [0.717, 1.165) is 22.6 Å². The summed E-state index contributed by atoms with van der Waals surface area (Å²) in [5.41, 5.74) is 2.21. The van der Waals surface area contributed by atoms with E-state index < -0.39 is 12.0 Å². The third-order valence-corrected chi connectivity index (χ3v) is 3.43. The van der Waals surface area contributed by atoms with E-state index in [-0.39, 0.29) is 6.79 Å². The van der Waals surface area contributed by atoms with Gasteiger partial charge in [0.2, 0.25) is 6.79 Å². The second-order valence-corrected chi connectivity index (χ2v) is 4.99. The lowest BCUT2D eigenvalue weighted by Crippen LogP contribution is -2.36. The van der Waals surface area contributed by atoms with Crippen molar-refractivity contribution in [2.24, 2.45) is 0 Å². The molecular formula is C14H19NO4. The maximum Gasteiger partial charge on any atom is 0.320 e. The molecule has 1 aromatic rings. The van der Waals surface area contributed by atoms with Gasteiger partial charge in [-0.3, -0.25) is 9.69 Å². The van der Waals surface area contributed by atoms with Crippen LogP contribution in [0.2, 0.25) is 0 Å². The molecule has 1 heterocycles. The Morgan fingerprint density at radius 3 is 2.58 bits per heavy atom. The number of carboxylic acid groups (broad SMARTS) is 1. The van der Waals surface area contributed by atoms with Crippen LogP contribution in [-0.4, -0.2) is 42.9 Å². The van der Waals surface area contributed by atoms with E-state index in [1.165, 1.54) is 0 Å². The molecule has 1 aromatic carbocycles. The largest absolute Gasteiger partial charge is 0.480 e. The Morgan fingerprint density at radius 1 is 1.37 bits per heavy atom. The Bertz CT molecular complexity index is 485. The van der Waals surface area contributed by atoms with E-state index in [1.54, 1.807) is 19.0 Å². The number of likely N-dealkylation sites (N-methyl/N-ethyl adjacent to an activating group) is 1. The van der Waals surface area contributed by atoms with Crippen molar-refractivity contribution in [1.82, 2.24) is 4.90 Å². The van der Waals surface area contributed by atoms with Gasteiger partial charge >= 0.3 is 5.97 Å². The average molecular weight is 265 g/mol. The fourth-order valence-corrected chi connectivity index (χ4v) is 2.25. The maximum atomic E-state index is 11.1. The lowest BCUT2D eigenvalue weighted by Gasteiger charge is -2.20. The predicted molar refractivity (Wildman–Crippen MR) is 70.7 cm³/mol. The van der Waals surface area contributed by atoms with Gasteiger partial charge in [-0.25, -0.2) is 0 Å². The van der Waals surface area contributed by atoms with Gasteiger partial charge in [-0.15, -0.1) is 0 Å². The summed E-state index contributed by atoms with van der Waals surface area (Å²) in [6.07, 6.45) is 1.28. The van der Waals surface area contributed by atoms with Crippen LogP contribution in [0.3, 0.4) is 0 Å². The number of hydrogen-bond donors (Lipinski definition) is 1. The minimum atomic E-state index is -0.789.